The van der Waals surface area contributed by atoms with E-state index >= 15 is 0 Å². The number of para-hydroxylation sites is 1. The highest BCUT2D eigenvalue weighted by atomic mass is 16.5. The van der Waals surface area contributed by atoms with Crippen molar-refractivity contribution in [1.29, 1.82) is 0 Å². The highest BCUT2D eigenvalue weighted by Crippen LogP contribution is 2.37. The highest BCUT2D eigenvalue weighted by molar-refractivity contribution is 5.78. The van der Waals surface area contributed by atoms with E-state index in [1.54, 1.807) is 0 Å². The van der Waals surface area contributed by atoms with Crippen molar-refractivity contribution in [2.45, 2.75) is 38.6 Å². The normalized spacial score (nSPS) is 28.4. The molecule has 0 saturated carbocycles. The molecule has 2 fully saturated rings. The number of hydrogen-bond donors (Lipinski definition) is 1. The second-order valence-electron chi connectivity index (χ2n) is 10.3. The van der Waals surface area contributed by atoms with E-state index in [1.807, 2.05) is 17.0 Å². The zero-order valence-electron chi connectivity index (χ0n) is 20.4. The number of nitrogens with zero attached hydrogens (tertiary/aromatic N) is 4. The van der Waals surface area contributed by atoms with Gasteiger partial charge in [-0.25, -0.2) is 0 Å². The fourth-order valence-corrected chi connectivity index (χ4v) is 5.42. The number of carbonyl (C=O) groups is 1. The number of fused-ring (bicyclic) bond motifs is 9. The third kappa shape index (κ3) is 6.69. The van der Waals surface area contributed by atoms with Crippen LogP contribution in [0.3, 0.4) is 0 Å². The van der Waals surface area contributed by atoms with Crippen molar-refractivity contribution in [1.82, 2.24) is 19.6 Å². The summed E-state index contributed by atoms with van der Waals surface area (Å²) in [5.41, 5.74) is 1.25. The van der Waals surface area contributed by atoms with Crippen molar-refractivity contribution >= 4 is 5.91 Å². The second kappa shape index (κ2) is 11.6. The molecule has 0 spiro atoms. The molecule has 1 amide bonds. The molecule has 7 heteroatoms. The first-order valence-corrected chi connectivity index (χ1v) is 12.8. The zero-order chi connectivity index (χ0) is 23.1. The minimum Gasteiger partial charge on any atom is -0.491 e. The maximum Gasteiger partial charge on any atom is 0.236 e. The molecule has 4 heterocycles. The van der Waals surface area contributed by atoms with Crippen LogP contribution in [0.25, 0.3) is 0 Å². The topological polar surface area (TPSA) is 59.5 Å². The Morgan fingerprint density at radius 2 is 1.73 bits per heavy atom. The van der Waals surface area contributed by atoms with Gasteiger partial charge >= 0.3 is 0 Å². The lowest BCUT2D eigenvalue weighted by molar-refractivity contribution is -0.133. The summed E-state index contributed by atoms with van der Waals surface area (Å²) in [5.74, 6) is 1.14. The average Bonchev–Trinajstić information content (AvgIpc) is 2.84. The van der Waals surface area contributed by atoms with Crippen molar-refractivity contribution in [2.75, 3.05) is 79.2 Å². The summed E-state index contributed by atoms with van der Waals surface area (Å²) in [6.45, 7) is 9.55. The molecule has 184 valence electrons. The Bertz CT molecular complexity index is 758. The number of benzene rings is 1. The minimum atomic E-state index is 0.0430. The number of carbonyl (C=O) groups excluding carboxylic acids is 1. The maximum atomic E-state index is 13.2. The average molecular weight is 459 g/mol. The number of piperazine rings is 1. The van der Waals surface area contributed by atoms with Gasteiger partial charge in [0.05, 0.1) is 13.1 Å². The first kappa shape index (κ1) is 24.5. The monoisotopic (exact) mass is 458 g/mol. The standard InChI is InChI=1S/C26H42N4O3/c1-27-14-16-29(17-15-27)21-25(32)30-11-5-4-8-26(22-31)9-12-28(13-10-26)20-23-6-2-3-7-24(23)33-19-18-30/h2-3,6-7,31H,4-5,8-22H2,1H3. The number of ether oxygens (including phenoxy) is 1. The van der Waals surface area contributed by atoms with Gasteiger partial charge < -0.3 is 19.6 Å². The molecule has 4 aliphatic rings. The third-order valence-corrected chi connectivity index (χ3v) is 7.93. The largest absolute Gasteiger partial charge is 0.491 e. The third-order valence-electron chi connectivity index (χ3n) is 7.93. The number of rotatable bonds is 3. The van der Waals surface area contributed by atoms with Crippen LogP contribution in [0.4, 0.5) is 0 Å². The molecule has 5 rings (SSSR count). The number of hydrogen-bond acceptors (Lipinski definition) is 6. The van der Waals surface area contributed by atoms with Gasteiger partial charge in [-0.3, -0.25) is 14.6 Å². The Hall–Kier alpha value is -1.67. The highest BCUT2D eigenvalue weighted by Gasteiger charge is 2.34. The smallest absolute Gasteiger partial charge is 0.236 e. The number of likely N-dealkylation sites (N-methyl/N-ethyl adjacent to an activating group) is 1. The maximum absolute atomic E-state index is 13.2. The van der Waals surface area contributed by atoms with Gasteiger partial charge in [0.15, 0.2) is 0 Å². The molecule has 1 aromatic carbocycles. The lowest BCUT2D eigenvalue weighted by atomic mass is 9.75. The van der Waals surface area contributed by atoms with Crippen molar-refractivity contribution in [3.63, 3.8) is 0 Å². The van der Waals surface area contributed by atoms with E-state index in [0.717, 1.165) is 90.2 Å². The van der Waals surface area contributed by atoms with Crippen molar-refractivity contribution in [3.05, 3.63) is 29.8 Å². The van der Waals surface area contributed by atoms with Gasteiger partial charge in [-0.15, -0.1) is 0 Å². The van der Waals surface area contributed by atoms with Crippen LogP contribution in [0.2, 0.25) is 0 Å². The number of amides is 1. The molecule has 1 aromatic rings. The molecule has 2 saturated heterocycles. The fourth-order valence-electron chi connectivity index (χ4n) is 5.42. The van der Waals surface area contributed by atoms with Crippen molar-refractivity contribution in [2.24, 2.45) is 5.41 Å². The Labute approximate surface area is 199 Å². The number of aliphatic hydroxyl groups is 1. The summed E-state index contributed by atoms with van der Waals surface area (Å²) in [5, 5.41) is 10.2. The Morgan fingerprint density at radius 3 is 2.48 bits per heavy atom. The van der Waals surface area contributed by atoms with Crippen LogP contribution < -0.4 is 4.74 Å². The van der Waals surface area contributed by atoms with Crippen molar-refractivity contribution < 1.29 is 14.6 Å². The Kier molecular flexibility index (Phi) is 8.63. The molecule has 1 N–H and O–H groups in total. The predicted molar refractivity (Wildman–Crippen MR) is 130 cm³/mol. The summed E-state index contributed by atoms with van der Waals surface area (Å²) in [6, 6.07) is 8.30. The summed E-state index contributed by atoms with van der Waals surface area (Å²) in [4.78, 5) is 22.3. The van der Waals surface area contributed by atoms with Crippen molar-refractivity contribution in [3.8, 4) is 5.75 Å². The molecule has 0 aliphatic carbocycles. The lowest BCUT2D eigenvalue weighted by Gasteiger charge is -2.41. The van der Waals surface area contributed by atoms with E-state index in [-0.39, 0.29) is 17.9 Å². The molecule has 0 aromatic heterocycles. The predicted octanol–water partition coefficient (Wildman–Crippen LogP) is 1.90. The van der Waals surface area contributed by atoms with E-state index < -0.39 is 0 Å². The zero-order valence-corrected chi connectivity index (χ0v) is 20.4. The lowest BCUT2D eigenvalue weighted by Crippen LogP contribution is -2.49. The number of piperidine rings is 1. The molecule has 33 heavy (non-hydrogen) atoms. The Balaban J connectivity index is 1.43. The second-order valence-corrected chi connectivity index (χ2v) is 10.3. The summed E-state index contributed by atoms with van der Waals surface area (Å²) in [6.07, 6.45) is 5.17. The van der Waals surface area contributed by atoms with Gasteiger partial charge in [0.25, 0.3) is 0 Å². The van der Waals surface area contributed by atoms with Gasteiger partial charge in [-0.1, -0.05) is 24.6 Å². The van der Waals surface area contributed by atoms with Gasteiger partial charge in [-0.05, 0) is 57.3 Å². The first-order chi connectivity index (χ1) is 16.1. The van der Waals surface area contributed by atoms with Crippen LogP contribution in [-0.2, 0) is 11.3 Å². The molecule has 4 aliphatic heterocycles. The Morgan fingerprint density at radius 1 is 0.970 bits per heavy atom. The summed E-state index contributed by atoms with van der Waals surface area (Å²) in [7, 11) is 2.14. The molecule has 0 atom stereocenters. The van der Waals surface area contributed by atoms with Crippen LogP contribution in [0.5, 0.6) is 5.75 Å². The summed E-state index contributed by atoms with van der Waals surface area (Å²) >= 11 is 0. The van der Waals surface area contributed by atoms with E-state index in [1.165, 1.54) is 5.56 Å². The van der Waals surface area contributed by atoms with Gasteiger partial charge in [0, 0.05) is 51.4 Å². The SMILES string of the molecule is CN1CCN(CC(=O)N2CCCCC3(CO)CCN(CC3)Cc3ccccc3OCC2)CC1. The van der Waals surface area contributed by atoms with E-state index in [0.29, 0.717) is 19.7 Å². The van der Waals surface area contributed by atoms with E-state index in [4.69, 9.17) is 4.74 Å². The fraction of sp³-hybridized carbons (Fsp3) is 0.731. The van der Waals surface area contributed by atoms with E-state index in [2.05, 4.69) is 33.9 Å². The van der Waals surface area contributed by atoms with Crippen LogP contribution >= 0.6 is 0 Å². The van der Waals surface area contributed by atoms with Gasteiger partial charge in [0.2, 0.25) is 5.91 Å². The molecular formula is C26H42N4O3. The molecular weight excluding hydrogens is 416 g/mol. The summed E-state index contributed by atoms with van der Waals surface area (Å²) < 4.78 is 6.21. The van der Waals surface area contributed by atoms with E-state index in [9.17, 15) is 9.90 Å². The molecule has 0 unspecified atom stereocenters. The number of aliphatic hydroxyl groups excluding tert-OH is 1. The van der Waals surface area contributed by atoms with Crippen LogP contribution in [0, 0.1) is 5.41 Å². The van der Waals surface area contributed by atoms with Crippen LogP contribution in [0.15, 0.2) is 24.3 Å². The van der Waals surface area contributed by atoms with Gasteiger partial charge in [0.1, 0.15) is 12.4 Å². The molecule has 2 bridgehead atoms. The quantitative estimate of drug-likeness (QED) is 0.747. The van der Waals surface area contributed by atoms with Crippen LogP contribution in [-0.4, -0.2) is 110 Å². The molecule has 0 radical (unpaired) electrons. The molecule has 7 nitrogen and oxygen atoms in total. The minimum absolute atomic E-state index is 0.0430. The van der Waals surface area contributed by atoms with Gasteiger partial charge in [-0.2, -0.15) is 0 Å². The van der Waals surface area contributed by atoms with Crippen LogP contribution in [0.1, 0.15) is 37.7 Å². The first-order valence-electron chi connectivity index (χ1n) is 12.8.